The second kappa shape index (κ2) is 7.74. The van der Waals surface area contributed by atoms with Crippen LogP contribution in [-0.2, 0) is 6.54 Å². The molecule has 0 radical (unpaired) electrons. The molecule has 3 fully saturated rings. The van der Waals surface area contributed by atoms with E-state index in [1.54, 1.807) is 0 Å². The Bertz CT molecular complexity index is 1020. The monoisotopic (exact) mass is 385 g/mol. The third-order valence-corrected chi connectivity index (χ3v) is 6.99. The summed E-state index contributed by atoms with van der Waals surface area (Å²) >= 11 is 0. The molecule has 3 saturated heterocycles. The van der Waals surface area contributed by atoms with Gasteiger partial charge < -0.3 is 5.11 Å². The number of nitrogens with zero attached hydrogens (tertiary/aromatic N) is 2. The molecule has 0 aliphatic carbocycles. The fourth-order valence-corrected chi connectivity index (χ4v) is 5.40. The van der Waals surface area contributed by atoms with Crippen LogP contribution in [0.4, 0.5) is 0 Å². The quantitative estimate of drug-likeness (QED) is 0.529. The number of aromatic nitrogens is 1. The minimum atomic E-state index is -0.458. The van der Waals surface area contributed by atoms with Crippen LogP contribution in [0.1, 0.15) is 30.1 Å². The van der Waals surface area contributed by atoms with Crippen molar-refractivity contribution in [3.63, 3.8) is 0 Å². The van der Waals surface area contributed by atoms with E-state index in [-0.39, 0.29) is 6.04 Å². The van der Waals surface area contributed by atoms with Crippen LogP contribution in [0.3, 0.4) is 0 Å². The van der Waals surface area contributed by atoms with E-state index in [9.17, 15) is 5.11 Å². The number of benzene rings is 2. The molecule has 0 saturated carbocycles. The molecule has 2 aromatic carbocycles. The summed E-state index contributed by atoms with van der Waals surface area (Å²) in [5, 5.41) is 12.6. The predicted molar refractivity (Wildman–Crippen MR) is 116 cm³/mol. The van der Waals surface area contributed by atoms with Gasteiger partial charge in [0.25, 0.3) is 0 Å². The molecular weight excluding hydrogens is 356 g/mol. The smallest absolute Gasteiger partial charge is 0.213 e. The second-order valence-corrected chi connectivity index (χ2v) is 8.59. The topological polar surface area (TPSA) is 27.3 Å². The molecule has 29 heavy (non-hydrogen) atoms. The highest BCUT2D eigenvalue weighted by molar-refractivity contribution is 5.79. The van der Waals surface area contributed by atoms with Crippen molar-refractivity contribution in [2.24, 2.45) is 11.8 Å². The van der Waals surface area contributed by atoms with E-state index < -0.39 is 6.10 Å². The van der Waals surface area contributed by atoms with Gasteiger partial charge in [-0.1, -0.05) is 48.5 Å². The molecule has 3 heteroatoms. The van der Waals surface area contributed by atoms with Crippen molar-refractivity contribution in [2.75, 3.05) is 13.1 Å². The van der Waals surface area contributed by atoms with Gasteiger partial charge in [0.1, 0.15) is 0 Å². The number of fused-ring (bicyclic) bond motifs is 4. The van der Waals surface area contributed by atoms with Crippen molar-refractivity contribution in [1.29, 1.82) is 0 Å². The maximum absolute atomic E-state index is 11.4. The fourth-order valence-electron chi connectivity index (χ4n) is 5.40. The van der Waals surface area contributed by atoms with Gasteiger partial charge in [-0.2, -0.15) is 4.57 Å². The number of aliphatic hydroxyl groups excluding tert-OH is 1. The fraction of sp³-hybridized carbons (Fsp3) is 0.346. The first-order valence-electron chi connectivity index (χ1n) is 10.7. The zero-order chi connectivity index (χ0) is 19.8. The molecule has 148 valence electrons. The number of pyridine rings is 1. The molecule has 5 atom stereocenters. The molecule has 3 aliphatic rings. The summed E-state index contributed by atoms with van der Waals surface area (Å²) in [5.41, 5.74) is 3.51. The van der Waals surface area contributed by atoms with Crippen molar-refractivity contribution >= 4 is 10.9 Å². The summed E-state index contributed by atoms with van der Waals surface area (Å²) in [7, 11) is 0. The standard InChI is InChI=1S/C26H29N2O/c1-2-20-18-28-14-12-21(20)16-25(28)26(29)23-13-15-27(17-19-8-4-3-5-9-19)24-11-7-6-10-22(23)24/h2-11,13,15,20-21,25-26,29H,1,12,14,16-18H2/q+1/t20-,21+,25+,26+/m1/s1. The largest absolute Gasteiger partial charge is 0.387 e. The number of hydrogen-bond donors (Lipinski definition) is 1. The molecule has 3 aromatic rings. The summed E-state index contributed by atoms with van der Waals surface area (Å²) in [6.45, 7) is 6.98. The molecule has 6 rings (SSSR count). The minimum Gasteiger partial charge on any atom is -0.387 e. The van der Waals surface area contributed by atoms with Gasteiger partial charge in [0.2, 0.25) is 5.52 Å². The van der Waals surface area contributed by atoms with Gasteiger partial charge in [-0.05, 0) is 37.3 Å². The van der Waals surface area contributed by atoms with Crippen molar-refractivity contribution in [3.05, 3.63) is 90.6 Å². The van der Waals surface area contributed by atoms with E-state index in [1.807, 2.05) is 0 Å². The normalized spacial score (nSPS) is 27.1. The summed E-state index contributed by atoms with van der Waals surface area (Å²) in [4.78, 5) is 2.48. The summed E-state index contributed by atoms with van der Waals surface area (Å²) in [5.74, 6) is 1.24. The number of rotatable bonds is 5. The Morgan fingerprint density at radius 1 is 1.10 bits per heavy atom. The third-order valence-electron chi connectivity index (χ3n) is 6.99. The van der Waals surface area contributed by atoms with E-state index in [2.05, 4.69) is 89.0 Å². The zero-order valence-electron chi connectivity index (χ0n) is 16.8. The Morgan fingerprint density at radius 3 is 2.66 bits per heavy atom. The summed E-state index contributed by atoms with van der Waals surface area (Å²) in [6, 6.07) is 21.3. The van der Waals surface area contributed by atoms with Crippen molar-refractivity contribution in [3.8, 4) is 0 Å². The SMILES string of the molecule is C=C[C@@H]1CN2CC[C@H]1C[C@H]2[C@@H](O)c1cc[n+](Cc2ccccc2)c2ccccc12. The van der Waals surface area contributed by atoms with Gasteiger partial charge in [0, 0.05) is 35.8 Å². The van der Waals surface area contributed by atoms with Gasteiger partial charge >= 0.3 is 0 Å². The Labute approximate surface area is 172 Å². The molecule has 1 N–H and O–H groups in total. The Morgan fingerprint density at radius 2 is 1.90 bits per heavy atom. The van der Waals surface area contributed by atoms with Crippen molar-refractivity contribution in [2.45, 2.75) is 31.5 Å². The molecule has 0 amide bonds. The molecule has 1 unspecified atom stereocenters. The van der Waals surface area contributed by atoms with Crippen molar-refractivity contribution in [1.82, 2.24) is 4.90 Å². The summed E-state index contributed by atoms with van der Waals surface area (Å²) in [6.07, 6.45) is 6.08. The lowest BCUT2D eigenvalue weighted by molar-refractivity contribution is -0.662. The summed E-state index contributed by atoms with van der Waals surface area (Å²) < 4.78 is 2.28. The van der Waals surface area contributed by atoms with Crippen LogP contribution in [0.25, 0.3) is 10.9 Å². The first-order chi connectivity index (χ1) is 14.2. The third kappa shape index (κ3) is 3.39. The predicted octanol–water partition coefficient (Wildman–Crippen LogP) is 4.11. The van der Waals surface area contributed by atoms with Crippen LogP contribution in [0.15, 0.2) is 79.5 Å². The van der Waals surface area contributed by atoms with Gasteiger partial charge in [0.05, 0.1) is 11.5 Å². The molecule has 1 aromatic heterocycles. The van der Waals surface area contributed by atoms with Crippen LogP contribution in [0.2, 0.25) is 0 Å². The van der Waals surface area contributed by atoms with Crippen LogP contribution < -0.4 is 4.57 Å². The molecule has 0 spiro atoms. The Kier molecular flexibility index (Phi) is 4.94. The highest BCUT2D eigenvalue weighted by atomic mass is 16.3. The molecule has 3 nitrogen and oxygen atoms in total. The average molecular weight is 386 g/mol. The molecule has 2 bridgehead atoms. The van der Waals surface area contributed by atoms with Gasteiger partial charge in [0.15, 0.2) is 12.7 Å². The first kappa shape index (κ1) is 18.5. The lowest BCUT2D eigenvalue weighted by Gasteiger charge is -2.50. The Balaban J connectivity index is 1.48. The van der Waals surface area contributed by atoms with Crippen LogP contribution in [0, 0.1) is 11.8 Å². The lowest BCUT2D eigenvalue weighted by atomic mass is 9.73. The van der Waals surface area contributed by atoms with E-state index >= 15 is 0 Å². The van der Waals surface area contributed by atoms with Crippen LogP contribution in [-0.4, -0.2) is 29.1 Å². The minimum absolute atomic E-state index is 0.207. The van der Waals surface area contributed by atoms with E-state index in [0.29, 0.717) is 11.8 Å². The lowest BCUT2D eigenvalue weighted by Crippen LogP contribution is -2.54. The van der Waals surface area contributed by atoms with Crippen molar-refractivity contribution < 1.29 is 9.67 Å². The van der Waals surface area contributed by atoms with E-state index in [4.69, 9.17) is 0 Å². The second-order valence-electron chi connectivity index (χ2n) is 8.59. The van der Waals surface area contributed by atoms with Crippen LogP contribution in [0.5, 0.6) is 0 Å². The van der Waals surface area contributed by atoms with E-state index in [0.717, 1.165) is 37.0 Å². The molecule has 3 aliphatic heterocycles. The number of hydrogen-bond acceptors (Lipinski definition) is 2. The molecule has 4 heterocycles. The zero-order valence-corrected chi connectivity index (χ0v) is 16.8. The maximum Gasteiger partial charge on any atom is 0.213 e. The average Bonchev–Trinajstić information content (AvgIpc) is 2.79. The first-order valence-corrected chi connectivity index (χ1v) is 10.7. The number of piperidine rings is 3. The van der Waals surface area contributed by atoms with Gasteiger partial charge in [-0.25, -0.2) is 0 Å². The molecular formula is C26H29N2O+. The number of para-hydroxylation sites is 1. The number of aliphatic hydroxyl groups is 1. The highest BCUT2D eigenvalue weighted by Gasteiger charge is 2.42. The van der Waals surface area contributed by atoms with Gasteiger partial charge in [-0.15, -0.1) is 6.58 Å². The highest BCUT2D eigenvalue weighted by Crippen LogP contribution is 2.41. The van der Waals surface area contributed by atoms with E-state index in [1.165, 1.54) is 17.5 Å². The maximum atomic E-state index is 11.4. The Hall–Kier alpha value is -2.49. The van der Waals surface area contributed by atoms with Crippen LogP contribution >= 0.6 is 0 Å². The van der Waals surface area contributed by atoms with Gasteiger partial charge in [-0.3, -0.25) is 4.90 Å².